The molecule has 0 bridgehead atoms. The van der Waals surface area contributed by atoms with Gasteiger partial charge in [-0.15, -0.1) is 0 Å². The molecule has 0 aromatic carbocycles. The Balaban J connectivity index is 2.91. The smallest absolute Gasteiger partial charge is 0.302 e. The minimum Gasteiger partial charge on any atom is -0.302 e. The zero-order chi connectivity index (χ0) is 9.14. The van der Waals surface area contributed by atoms with Crippen LogP contribution in [0, 0.1) is 10.1 Å². The first-order valence-electron chi connectivity index (χ1n) is 2.98. The predicted octanol–water partition coefficient (Wildman–Crippen LogP) is 2.29. The van der Waals surface area contributed by atoms with Gasteiger partial charge in [0.1, 0.15) is 11.1 Å². The van der Waals surface area contributed by atoms with Gasteiger partial charge in [0.25, 0.3) is 0 Å². The summed E-state index contributed by atoms with van der Waals surface area (Å²) in [7, 11) is 0. The molecular weight excluding hydrogens is 246 g/mol. The van der Waals surface area contributed by atoms with E-state index in [1.807, 2.05) is 0 Å². The van der Waals surface area contributed by atoms with Crippen molar-refractivity contribution < 1.29 is 9.72 Å². The molecule has 1 heterocycles. The molecule has 0 aliphatic carbocycles. The van der Waals surface area contributed by atoms with Crippen molar-refractivity contribution in [1.82, 2.24) is 0 Å². The lowest BCUT2D eigenvalue weighted by Gasteiger charge is -1.92. The molecule has 1 atom stereocenters. The van der Waals surface area contributed by atoms with E-state index in [1.165, 1.54) is 6.07 Å². The Morgan fingerprint density at radius 1 is 1.67 bits per heavy atom. The van der Waals surface area contributed by atoms with Gasteiger partial charge in [-0.2, -0.15) is 0 Å². The monoisotopic (exact) mass is 249 g/mol. The van der Waals surface area contributed by atoms with Gasteiger partial charge in [-0.25, -0.2) is 0 Å². The summed E-state index contributed by atoms with van der Waals surface area (Å²) in [4.78, 5) is 20.3. The van der Waals surface area contributed by atoms with E-state index in [1.54, 1.807) is 6.07 Å². The number of hydrogen-bond donors (Lipinski definition) is 0. The largest absolute Gasteiger partial charge is 0.324 e. The number of carbonyl (C=O) groups excluding carboxylic acids is 1. The van der Waals surface area contributed by atoms with E-state index in [0.717, 1.165) is 11.3 Å². The summed E-state index contributed by atoms with van der Waals surface area (Å²) in [6.45, 7) is 0. The molecule has 1 aromatic rings. The van der Waals surface area contributed by atoms with Crippen LogP contribution in [0.15, 0.2) is 12.1 Å². The van der Waals surface area contributed by atoms with Crippen molar-refractivity contribution in [2.75, 3.05) is 0 Å². The van der Waals surface area contributed by atoms with Gasteiger partial charge in [0, 0.05) is 10.9 Å². The van der Waals surface area contributed by atoms with Crippen molar-refractivity contribution >= 4 is 38.6 Å². The van der Waals surface area contributed by atoms with Crippen LogP contribution in [-0.2, 0) is 4.79 Å². The fourth-order valence-corrected chi connectivity index (χ4v) is 1.84. The summed E-state index contributed by atoms with van der Waals surface area (Å²) in [6.07, 6.45) is 0.690. The van der Waals surface area contributed by atoms with Gasteiger partial charge in [0.15, 0.2) is 0 Å². The molecular formula is C6H4BrNO3S. The van der Waals surface area contributed by atoms with Gasteiger partial charge in [0.2, 0.25) is 0 Å². The van der Waals surface area contributed by atoms with Crippen molar-refractivity contribution in [2.45, 2.75) is 4.83 Å². The maximum Gasteiger partial charge on any atom is 0.324 e. The molecule has 0 N–H and O–H groups in total. The van der Waals surface area contributed by atoms with Crippen LogP contribution in [0.2, 0.25) is 0 Å². The number of carbonyl (C=O) groups is 1. The molecule has 64 valence electrons. The van der Waals surface area contributed by atoms with E-state index in [4.69, 9.17) is 0 Å². The molecule has 0 spiro atoms. The van der Waals surface area contributed by atoms with Crippen molar-refractivity contribution in [1.29, 1.82) is 0 Å². The zero-order valence-corrected chi connectivity index (χ0v) is 8.17. The summed E-state index contributed by atoms with van der Waals surface area (Å²) < 4.78 is 0. The van der Waals surface area contributed by atoms with Crippen LogP contribution >= 0.6 is 27.3 Å². The fourth-order valence-electron chi connectivity index (χ4n) is 0.656. The first-order chi connectivity index (χ1) is 5.65. The number of aldehydes is 1. The van der Waals surface area contributed by atoms with Crippen LogP contribution in [0.5, 0.6) is 0 Å². The Bertz CT molecular complexity index is 311. The van der Waals surface area contributed by atoms with Gasteiger partial charge < -0.3 is 4.79 Å². The van der Waals surface area contributed by atoms with Crippen molar-refractivity contribution in [3.63, 3.8) is 0 Å². The van der Waals surface area contributed by atoms with Gasteiger partial charge in [-0.1, -0.05) is 27.3 Å². The van der Waals surface area contributed by atoms with Crippen molar-refractivity contribution in [3.8, 4) is 0 Å². The van der Waals surface area contributed by atoms with E-state index in [2.05, 4.69) is 15.9 Å². The van der Waals surface area contributed by atoms with E-state index < -0.39 is 9.75 Å². The quantitative estimate of drug-likeness (QED) is 0.358. The number of alkyl halides is 1. The zero-order valence-electron chi connectivity index (χ0n) is 5.77. The molecule has 12 heavy (non-hydrogen) atoms. The topological polar surface area (TPSA) is 60.2 Å². The van der Waals surface area contributed by atoms with Crippen LogP contribution in [0.4, 0.5) is 5.00 Å². The fraction of sp³-hybridized carbons (Fsp3) is 0.167. The van der Waals surface area contributed by atoms with E-state index in [-0.39, 0.29) is 5.00 Å². The van der Waals surface area contributed by atoms with Crippen LogP contribution in [-0.4, -0.2) is 11.2 Å². The molecule has 6 heteroatoms. The van der Waals surface area contributed by atoms with E-state index >= 15 is 0 Å². The first kappa shape index (κ1) is 9.34. The van der Waals surface area contributed by atoms with Gasteiger partial charge in [0.05, 0.1) is 4.92 Å². The van der Waals surface area contributed by atoms with Crippen LogP contribution in [0.1, 0.15) is 9.70 Å². The summed E-state index contributed by atoms with van der Waals surface area (Å²) in [5.74, 6) is 0. The minimum atomic E-state index is -0.474. The van der Waals surface area contributed by atoms with Crippen LogP contribution < -0.4 is 0 Å². The average molecular weight is 250 g/mol. The number of nitrogens with zero attached hydrogens (tertiary/aromatic N) is 1. The molecule has 0 aliphatic heterocycles. The first-order valence-corrected chi connectivity index (χ1v) is 4.72. The summed E-state index contributed by atoms with van der Waals surface area (Å²) in [6, 6.07) is 2.95. The molecule has 4 nitrogen and oxygen atoms in total. The Hall–Kier alpha value is -0.750. The lowest BCUT2D eigenvalue weighted by atomic mass is 10.4. The van der Waals surface area contributed by atoms with Gasteiger partial charge in [-0.05, 0) is 6.07 Å². The highest BCUT2D eigenvalue weighted by Crippen LogP contribution is 2.31. The summed E-state index contributed by atoms with van der Waals surface area (Å²) >= 11 is 4.06. The molecule has 0 amide bonds. The molecule has 0 saturated carbocycles. The Morgan fingerprint density at radius 3 is 2.75 bits per heavy atom. The molecule has 0 radical (unpaired) electrons. The SMILES string of the molecule is O=CC(Br)c1ccc([N+](=O)[O-])s1. The summed E-state index contributed by atoms with van der Waals surface area (Å²) in [5, 5.41) is 10.3. The maximum absolute atomic E-state index is 10.3. The lowest BCUT2D eigenvalue weighted by molar-refractivity contribution is -0.380. The molecule has 1 aromatic heterocycles. The number of thiophene rings is 1. The predicted molar refractivity (Wildman–Crippen MR) is 48.7 cm³/mol. The second-order valence-corrected chi connectivity index (χ2v) is 4.05. The second-order valence-electron chi connectivity index (χ2n) is 1.97. The minimum absolute atomic E-state index is 0.0521. The number of rotatable bonds is 3. The summed E-state index contributed by atoms with van der Waals surface area (Å²) in [5.41, 5.74) is 0. The van der Waals surface area contributed by atoms with Gasteiger partial charge in [-0.3, -0.25) is 10.1 Å². The highest BCUT2D eigenvalue weighted by Gasteiger charge is 2.14. The molecule has 0 fully saturated rings. The Morgan fingerprint density at radius 2 is 2.33 bits per heavy atom. The molecule has 1 unspecified atom stereocenters. The van der Waals surface area contributed by atoms with Gasteiger partial charge >= 0.3 is 5.00 Å². The maximum atomic E-state index is 10.3. The number of halogens is 1. The third-order valence-corrected chi connectivity index (χ3v) is 3.32. The second kappa shape index (κ2) is 3.77. The lowest BCUT2D eigenvalue weighted by Crippen LogP contribution is -1.84. The standard InChI is InChI=1S/C6H4BrNO3S/c7-4(3-9)5-1-2-6(12-5)8(10)11/h1-4H. The Kier molecular flexibility index (Phi) is 2.93. The van der Waals surface area contributed by atoms with Crippen LogP contribution in [0.3, 0.4) is 0 Å². The highest BCUT2D eigenvalue weighted by atomic mass is 79.9. The van der Waals surface area contributed by atoms with Crippen molar-refractivity contribution in [3.05, 3.63) is 27.1 Å². The third-order valence-electron chi connectivity index (χ3n) is 1.18. The van der Waals surface area contributed by atoms with Crippen molar-refractivity contribution in [2.24, 2.45) is 0 Å². The van der Waals surface area contributed by atoms with E-state index in [0.29, 0.717) is 11.2 Å². The molecule has 0 saturated heterocycles. The average Bonchev–Trinajstić information content (AvgIpc) is 2.51. The van der Waals surface area contributed by atoms with E-state index in [9.17, 15) is 14.9 Å². The highest BCUT2D eigenvalue weighted by molar-refractivity contribution is 9.09. The Labute approximate surface area is 80.5 Å². The third kappa shape index (κ3) is 1.89. The number of hydrogen-bond acceptors (Lipinski definition) is 4. The number of nitro groups is 1. The normalized spacial score (nSPS) is 12.4. The molecule has 1 rings (SSSR count). The molecule has 0 aliphatic rings. The van der Waals surface area contributed by atoms with Crippen LogP contribution in [0.25, 0.3) is 0 Å².